The summed E-state index contributed by atoms with van der Waals surface area (Å²) in [6, 6.07) is 8.81. The minimum absolute atomic E-state index is 0.0105. The standard InChI is InChI=1S/C31H41N5O3/c1-34-21-27(26-8-2-3-9-28(26)34)24-7-6-13-35(20-24)19-23-11-14-36(15-12-23)31-32-17-25(18-33-31)29(37)22-39-30-10-4-5-16-38-30/h2-3,8-9,17-18,21,23-24,30H,4-7,10-16,19-20,22H2,1H3. The Morgan fingerprint density at radius 3 is 2.64 bits per heavy atom. The molecule has 0 amide bonds. The average Bonchev–Trinajstić information content (AvgIpc) is 3.33. The van der Waals surface area contributed by atoms with Crippen molar-refractivity contribution in [2.75, 3.05) is 50.8 Å². The number of rotatable bonds is 8. The molecule has 0 N–H and O–H groups in total. The lowest BCUT2D eigenvalue weighted by molar-refractivity contribution is -0.155. The number of hydrogen-bond donors (Lipinski definition) is 0. The fourth-order valence-electron chi connectivity index (χ4n) is 6.58. The van der Waals surface area contributed by atoms with Gasteiger partial charge in [0, 0.05) is 69.3 Å². The number of benzene rings is 1. The monoisotopic (exact) mass is 531 g/mol. The molecule has 3 aliphatic rings. The number of piperidine rings is 2. The zero-order valence-electron chi connectivity index (χ0n) is 23.1. The third-order valence-electron chi connectivity index (χ3n) is 8.79. The molecule has 0 spiro atoms. The fraction of sp³-hybridized carbons (Fsp3) is 0.581. The number of ketones is 1. The molecule has 3 aromatic rings. The van der Waals surface area contributed by atoms with Gasteiger partial charge in [-0.25, -0.2) is 9.97 Å². The van der Waals surface area contributed by atoms with Crippen LogP contribution in [0.2, 0.25) is 0 Å². The highest BCUT2D eigenvalue weighted by Gasteiger charge is 2.28. The molecule has 8 heteroatoms. The van der Waals surface area contributed by atoms with Crippen LogP contribution in [-0.4, -0.2) is 77.4 Å². The molecule has 3 saturated heterocycles. The summed E-state index contributed by atoms with van der Waals surface area (Å²) in [6.07, 6.45) is 13.2. The summed E-state index contributed by atoms with van der Waals surface area (Å²) in [5.41, 5.74) is 3.34. The van der Waals surface area contributed by atoms with Crippen molar-refractivity contribution in [1.82, 2.24) is 19.4 Å². The molecule has 0 saturated carbocycles. The van der Waals surface area contributed by atoms with E-state index in [1.165, 1.54) is 42.4 Å². The van der Waals surface area contributed by atoms with Crippen LogP contribution in [-0.2, 0) is 16.5 Å². The molecular formula is C31H41N5O3. The molecule has 2 atom stereocenters. The highest BCUT2D eigenvalue weighted by molar-refractivity contribution is 5.96. The Hall–Kier alpha value is -2.81. The molecule has 5 heterocycles. The second-order valence-corrected chi connectivity index (χ2v) is 11.5. The van der Waals surface area contributed by atoms with E-state index >= 15 is 0 Å². The van der Waals surface area contributed by atoms with E-state index in [1.54, 1.807) is 12.4 Å². The van der Waals surface area contributed by atoms with Gasteiger partial charge < -0.3 is 23.8 Å². The zero-order chi connectivity index (χ0) is 26.6. The molecular weight excluding hydrogens is 490 g/mol. The summed E-state index contributed by atoms with van der Waals surface area (Å²) in [6.45, 7) is 6.17. The van der Waals surface area contributed by atoms with Gasteiger partial charge in [-0.05, 0) is 75.0 Å². The van der Waals surface area contributed by atoms with Crippen LogP contribution in [0.1, 0.15) is 66.8 Å². The maximum Gasteiger partial charge on any atom is 0.225 e. The highest BCUT2D eigenvalue weighted by Crippen LogP contribution is 2.34. The third kappa shape index (κ3) is 6.18. The number of anilines is 1. The number of Topliss-reactive ketones (excluding diaryl/α,β-unsaturated/α-hetero) is 1. The fourth-order valence-corrected chi connectivity index (χ4v) is 6.58. The van der Waals surface area contributed by atoms with Gasteiger partial charge in [0.05, 0.1) is 5.56 Å². The average molecular weight is 532 g/mol. The van der Waals surface area contributed by atoms with Gasteiger partial charge in [-0.1, -0.05) is 18.2 Å². The van der Waals surface area contributed by atoms with Crippen molar-refractivity contribution in [3.63, 3.8) is 0 Å². The second-order valence-electron chi connectivity index (χ2n) is 11.5. The first kappa shape index (κ1) is 26.4. The van der Waals surface area contributed by atoms with Crippen LogP contribution in [0.15, 0.2) is 42.9 Å². The van der Waals surface area contributed by atoms with Gasteiger partial charge in [0.15, 0.2) is 12.1 Å². The molecule has 0 aliphatic carbocycles. The van der Waals surface area contributed by atoms with Crippen molar-refractivity contribution in [2.45, 2.75) is 57.2 Å². The van der Waals surface area contributed by atoms with Crippen LogP contribution >= 0.6 is 0 Å². The van der Waals surface area contributed by atoms with E-state index in [2.05, 4.69) is 61.8 Å². The van der Waals surface area contributed by atoms with E-state index < -0.39 is 0 Å². The zero-order valence-corrected chi connectivity index (χ0v) is 23.1. The van der Waals surface area contributed by atoms with Crippen molar-refractivity contribution < 1.29 is 14.3 Å². The second kappa shape index (κ2) is 12.1. The number of nitrogens with zero attached hydrogens (tertiary/aromatic N) is 5. The predicted octanol–water partition coefficient (Wildman–Crippen LogP) is 4.79. The van der Waals surface area contributed by atoms with E-state index in [-0.39, 0.29) is 18.7 Å². The number of hydrogen-bond acceptors (Lipinski definition) is 7. The van der Waals surface area contributed by atoms with E-state index in [9.17, 15) is 4.79 Å². The maximum atomic E-state index is 12.5. The molecule has 2 unspecified atom stereocenters. The maximum absolute atomic E-state index is 12.5. The number of para-hydroxylation sites is 1. The topological polar surface area (TPSA) is 72.7 Å². The molecule has 208 valence electrons. The number of likely N-dealkylation sites (tertiary alicyclic amines) is 1. The van der Waals surface area contributed by atoms with Crippen molar-refractivity contribution in [1.29, 1.82) is 0 Å². The van der Waals surface area contributed by atoms with Crippen LogP contribution in [0.5, 0.6) is 0 Å². The van der Waals surface area contributed by atoms with Crippen LogP contribution in [0, 0.1) is 5.92 Å². The Balaban J connectivity index is 0.978. The normalized spacial score (nSPS) is 23.4. The van der Waals surface area contributed by atoms with Crippen LogP contribution < -0.4 is 4.90 Å². The Kier molecular flexibility index (Phi) is 8.23. The first-order valence-corrected chi connectivity index (χ1v) is 14.7. The van der Waals surface area contributed by atoms with Gasteiger partial charge in [-0.3, -0.25) is 4.79 Å². The number of aromatic nitrogens is 3. The summed E-state index contributed by atoms with van der Waals surface area (Å²) in [5, 5.41) is 1.42. The summed E-state index contributed by atoms with van der Waals surface area (Å²) in [7, 11) is 2.16. The Morgan fingerprint density at radius 2 is 1.85 bits per heavy atom. The molecule has 2 aromatic heterocycles. The molecule has 6 rings (SSSR count). The minimum Gasteiger partial charge on any atom is -0.353 e. The van der Waals surface area contributed by atoms with Gasteiger partial charge in [-0.2, -0.15) is 0 Å². The Bertz CT molecular complexity index is 1240. The van der Waals surface area contributed by atoms with Gasteiger partial charge in [0.25, 0.3) is 0 Å². The molecule has 8 nitrogen and oxygen atoms in total. The van der Waals surface area contributed by atoms with E-state index in [0.29, 0.717) is 24.0 Å². The summed E-state index contributed by atoms with van der Waals surface area (Å²) >= 11 is 0. The number of aryl methyl sites for hydroxylation is 1. The van der Waals surface area contributed by atoms with Crippen molar-refractivity contribution in [2.24, 2.45) is 13.0 Å². The Morgan fingerprint density at radius 1 is 1.03 bits per heavy atom. The predicted molar refractivity (Wildman–Crippen MR) is 152 cm³/mol. The third-order valence-corrected chi connectivity index (χ3v) is 8.79. The lowest BCUT2D eigenvalue weighted by Crippen LogP contribution is -2.42. The van der Waals surface area contributed by atoms with E-state index in [0.717, 1.165) is 57.7 Å². The minimum atomic E-state index is -0.266. The molecule has 39 heavy (non-hydrogen) atoms. The number of fused-ring (bicyclic) bond motifs is 1. The molecule has 0 radical (unpaired) electrons. The smallest absolute Gasteiger partial charge is 0.225 e. The van der Waals surface area contributed by atoms with Gasteiger partial charge in [-0.15, -0.1) is 0 Å². The van der Waals surface area contributed by atoms with Gasteiger partial charge >= 0.3 is 0 Å². The summed E-state index contributed by atoms with van der Waals surface area (Å²) in [4.78, 5) is 26.5. The van der Waals surface area contributed by atoms with Crippen molar-refractivity contribution in [3.05, 3.63) is 54.0 Å². The number of carbonyl (C=O) groups excluding carboxylic acids is 1. The lowest BCUT2D eigenvalue weighted by Gasteiger charge is -2.38. The molecule has 3 fully saturated rings. The molecule has 0 bridgehead atoms. The highest BCUT2D eigenvalue weighted by atomic mass is 16.7. The first-order valence-electron chi connectivity index (χ1n) is 14.7. The largest absolute Gasteiger partial charge is 0.353 e. The first-order chi connectivity index (χ1) is 19.1. The molecule has 1 aromatic carbocycles. The number of ether oxygens (including phenoxy) is 2. The SMILES string of the molecule is Cn1cc(C2CCCN(CC3CCN(c4ncc(C(=O)COC5CCCCO5)cn4)CC3)C2)c2ccccc21. The Labute approximate surface area is 231 Å². The van der Waals surface area contributed by atoms with Crippen LogP contribution in [0.3, 0.4) is 0 Å². The quantitative estimate of drug-likeness (QED) is 0.387. The van der Waals surface area contributed by atoms with Crippen LogP contribution in [0.25, 0.3) is 10.9 Å². The summed E-state index contributed by atoms with van der Waals surface area (Å²) in [5.74, 6) is 1.93. The van der Waals surface area contributed by atoms with Gasteiger partial charge in [0.1, 0.15) is 6.61 Å². The summed E-state index contributed by atoms with van der Waals surface area (Å²) < 4.78 is 13.5. The van der Waals surface area contributed by atoms with E-state index in [4.69, 9.17) is 9.47 Å². The van der Waals surface area contributed by atoms with Crippen molar-refractivity contribution >= 4 is 22.6 Å². The van der Waals surface area contributed by atoms with Crippen LogP contribution in [0.4, 0.5) is 5.95 Å². The van der Waals surface area contributed by atoms with Crippen molar-refractivity contribution in [3.8, 4) is 0 Å². The lowest BCUT2D eigenvalue weighted by atomic mass is 9.89. The van der Waals surface area contributed by atoms with E-state index in [1.807, 2.05) is 0 Å². The molecule has 3 aliphatic heterocycles. The van der Waals surface area contributed by atoms with Gasteiger partial charge in [0.2, 0.25) is 5.95 Å². The number of carbonyl (C=O) groups is 1.